The zero-order valence-corrected chi connectivity index (χ0v) is 35.5. The van der Waals surface area contributed by atoms with Crippen LogP contribution in [-0.4, -0.2) is 29.8 Å². The Labute approximate surface area is 339 Å². The number of ether oxygens (including phenoxy) is 3. The summed E-state index contributed by atoms with van der Waals surface area (Å²) in [7, 11) is -4.02. The topological polar surface area (TPSA) is 82.1 Å². The fourth-order valence-corrected chi connectivity index (χ4v) is 7.45. The van der Waals surface area contributed by atoms with E-state index in [9.17, 15) is 8.42 Å². The van der Waals surface area contributed by atoms with Crippen molar-refractivity contribution >= 4 is 10.1 Å². The first-order valence-electron chi connectivity index (χ1n) is 19.3. The molecule has 0 radical (unpaired) electrons. The van der Waals surface area contributed by atoms with Crippen molar-refractivity contribution in [1.29, 1.82) is 0 Å². The standard InChI is InChI=1S/C43H46O3.C7H8O3S/c1-41(2,3)44-32-20-14-28(15-21-32)36-27-37-35-13-11-10-12-31(35)26-38(37)40(30-18-24-34(25-19-30)46-43(7,8)9)39(36)29-16-22-33(23-17-29)45-42(4,5)6;1-6-2-4-7(5-3-6)11(8,9)10/h10-25,27H,26H2,1-9H3;2-5H,1H3,(H,8,9,10). The van der Waals surface area contributed by atoms with Gasteiger partial charge in [0.15, 0.2) is 0 Å². The highest BCUT2D eigenvalue weighted by atomic mass is 32.2. The maximum atomic E-state index is 10.5. The van der Waals surface area contributed by atoms with Gasteiger partial charge in [0, 0.05) is 0 Å². The molecule has 1 N–H and O–H groups in total. The Kier molecular flexibility index (Phi) is 11.5. The molecule has 0 unspecified atom stereocenters. The molecule has 0 amide bonds. The highest BCUT2D eigenvalue weighted by Crippen LogP contribution is 2.51. The van der Waals surface area contributed by atoms with E-state index >= 15 is 0 Å². The summed E-state index contributed by atoms with van der Waals surface area (Å²) >= 11 is 0. The lowest BCUT2D eigenvalue weighted by atomic mass is 9.82. The summed E-state index contributed by atoms with van der Waals surface area (Å²) in [6.07, 6.45) is 0.887. The molecule has 0 atom stereocenters. The average molecular weight is 783 g/mol. The lowest BCUT2D eigenvalue weighted by molar-refractivity contribution is 0.130. The summed E-state index contributed by atoms with van der Waals surface area (Å²) in [6, 6.07) is 43.0. The van der Waals surface area contributed by atoms with Crippen LogP contribution in [0.3, 0.4) is 0 Å². The molecule has 6 aromatic rings. The van der Waals surface area contributed by atoms with Crippen LogP contribution in [0.4, 0.5) is 0 Å². The van der Waals surface area contributed by atoms with Crippen molar-refractivity contribution in [3.8, 4) is 61.8 Å². The molecular formula is C50H54O6S. The molecule has 0 spiro atoms. The maximum absolute atomic E-state index is 10.5. The molecule has 57 heavy (non-hydrogen) atoms. The molecule has 0 saturated carbocycles. The van der Waals surface area contributed by atoms with E-state index in [0.29, 0.717) is 0 Å². The largest absolute Gasteiger partial charge is 0.488 e. The van der Waals surface area contributed by atoms with Crippen molar-refractivity contribution in [2.24, 2.45) is 0 Å². The third kappa shape index (κ3) is 10.5. The third-order valence-electron chi connectivity index (χ3n) is 9.15. The number of rotatable bonds is 7. The lowest BCUT2D eigenvalue weighted by Crippen LogP contribution is -2.22. The van der Waals surface area contributed by atoms with Crippen molar-refractivity contribution in [3.63, 3.8) is 0 Å². The smallest absolute Gasteiger partial charge is 0.294 e. The first kappa shape index (κ1) is 41.3. The van der Waals surface area contributed by atoms with E-state index in [-0.39, 0.29) is 21.7 Å². The lowest BCUT2D eigenvalue weighted by Gasteiger charge is -2.24. The molecule has 0 saturated heterocycles. The molecule has 0 heterocycles. The van der Waals surface area contributed by atoms with Gasteiger partial charge in [0.05, 0.1) is 4.90 Å². The maximum Gasteiger partial charge on any atom is 0.294 e. The normalized spacial score (nSPS) is 12.5. The van der Waals surface area contributed by atoms with Gasteiger partial charge in [0.2, 0.25) is 0 Å². The summed E-state index contributed by atoms with van der Waals surface area (Å²) in [4.78, 5) is -0.0666. The SMILES string of the molecule is CC(C)(C)Oc1ccc(-c2cc3c(c(-c4ccc(OC(C)(C)C)cc4)c2-c2ccc(OC(C)(C)C)cc2)Cc2ccccc2-3)cc1.Cc1ccc(S(=O)(=O)O)cc1. The van der Waals surface area contributed by atoms with Gasteiger partial charge >= 0.3 is 0 Å². The summed E-state index contributed by atoms with van der Waals surface area (Å²) in [5.74, 6) is 2.59. The fraction of sp³-hybridized carbons (Fsp3) is 0.280. The van der Waals surface area contributed by atoms with Gasteiger partial charge in [-0.25, -0.2) is 0 Å². The predicted molar refractivity (Wildman–Crippen MR) is 233 cm³/mol. The van der Waals surface area contributed by atoms with Crippen LogP contribution in [0.15, 0.2) is 132 Å². The minimum absolute atomic E-state index is 0.0666. The predicted octanol–water partition coefficient (Wildman–Crippen LogP) is 13.0. The molecule has 0 aromatic heterocycles. The molecule has 296 valence electrons. The van der Waals surface area contributed by atoms with Crippen molar-refractivity contribution in [2.45, 2.75) is 97.4 Å². The molecule has 7 heteroatoms. The molecule has 1 aliphatic carbocycles. The van der Waals surface area contributed by atoms with E-state index < -0.39 is 10.1 Å². The molecule has 0 fully saturated rings. The van der Waals surface area contributed by atoms with E-state index in [4.69, 9.17) is 18.8 Å². The molecule has 7 rings (SSSR count). The number of hydrogen-bond acceptors (Lipinski definition) is 5. The van der Waals surface area contributed by atoms with Gasteiger partial charge in [-0.15, -0.1) is 0 Å². The van der Waals surface area contributed by atoms with Crippen molar-refractivity contribution in [3.05, 3.63) is 144 Å². The fourth-order valence-electron chi connectivity index (χ4n) is 6.97. The number of benzene rings is 6. The van der Waals surface area contributed by atoms with E-state index in [1.807, 2.05) is 6.92 Å². The second-order valence-electron chi connectivity index (χ2n) is 17.5. The van der Waals surface area contributed by atoms with Crippen molar-refractivity contribution in [2.75, 3.05) is 0 Å². The Bertz CT molecular complexity index is 2440. The molecule has 0 bridgehead atoms. The summed E-state index contributed by atoms with van der Waals surface area (Å²) in [5.41, 5.74) is 12.6. The van der Waals surface area contributed by atoms with Gasteiger partial charge in [0.1, 0.15) is 34.1 Å². The van der Waals surface area contributed by atoms with Crippen LogP contribution in [-0.2, 0) is 16.5 Å². The van der Waals surface area contributed by atoms with E-state index in [0.717, 1.165) is 40.4 Å². The Morgan fingerprint density at radius 3 is 1.35 bits per heavy atom. The third-order valence-corrected chi connectivity index (χ3v) is 10.0. The zero-order chi connectivity index (χ0) is 41.3. The van der Waals surface area contributed by atoms with Crippen LogP contribution in [0.5, 0.6) is 17.2 Å². The van der Waals surface area contributed by atoms with Gasteiger partial charge in [-0.1, -0.05) is 78.4 Å². The second kappa shape index (κ2) is 15.9. The van der Waals surface area contributed by atoms with E-state index in [1.54, 1.807) is 12.1 Å². The van der Waals surface area contributed by atoms with E-state index in [2.05, 4.69) is 165 Å². The molecule has 1 aliphatic rings. The van der Waals surface area contributed by atoms with E-state index in [1.165, 1.54) is 56.6 Å². The van der Waals surface area contributed by atoms with Gasteiger partial charge in [0.25, 0.3) is 10.1 Å². The number of fused-ring (bicyclic) bond motifs is 3. The molecule has 0 aliphatic heterocycles. The Morgan fingerprint density at radius 2 is 0.912 bits per heavy atom. The minimum atomic E-state index is -4.02. The van der Waals surface area contributed by atoms with Crippen molar-refractivity contribution < 1.29 is 27.2 Å². The molecule has 6 aromatic carbocycles. The highest BCUT2D eigenvalue weighted by Gasteiger charge is 2.28. The van der Waals surface area contributed by atoms with Gasteiger partial charge < -0.3 is 14.2 Å². The minimum Gasteiger partial charge on any atom is -0.488 e. The summed E-state index contributed by atoms with van der Waals surface area (Å²) in [5, 5.41) is 0. The molecule has 6 nitrogen and oxygen atoms in total. The second-order valence-corrected chi connectivity index (χ2v) is 19.0. The Morgan fingerprint density at radius 1 is 0.491 bits per heavy atom. The van der Waals surface area contributed by atoms with Crippen LogP contribution in [0.25, 0.3) is 44.5 Å². The quantitative estimate of drug-likeness (QED) is 0.162. The van der Waals surface area contributed by atoms with Crippen LogP contribution < -0.4 is 14.2 Å². The Hall–Kier alpha value is -5.37. The van der Waals surface area contributed by atoms with Crippen LogP contribution >= 0.6 is 0 Å². The van der Waals surface area contributed by atoms with Gasteiger partial charge in [-0.05, 0) is 186 Å². The van der Waals surface area contributed by atoms with Crippen LogP contribution in [0.1, 0.15) is 79.0 Å². The van der Waals surface area contributed by atoms with Crippen LogP contribution in [0.2, 0.25) is 0 Å². The van der Waals surface area contributed by atoms with Gasteiger partial charge in [-0.3, -0.25) is 4.55 Å². The van der Waals surface area contributed by atoms with Gasteiger partial charge in [-0.2, -0.15) is 8.42 Å². The highest BCUT2D eigenvalue weighted by molar-refractivity contribution is 7.85. The number of hydrogen-bond donors (Lipinski definition) is 1. The monoisotopic (exact) mass is 782 g/mol. The first-order valence-corrected chi connectivity index (χ1v) is 20.8. The zero-order valence-electron chi connectivity index (χ0n) is 34.7. The molecular weight excluding hydrogens is 729 g/mol. The average Bonchev–Trinajstić information content (AvgIpc) is 3.48. The summed E-state index contributed by atoms with van der Waals surface area (Å²) in [6.45, 7) is 20.6. The number of aryl methyl sites for hydroxylation is 1. The Balaban J connectivity index is 0.000000432. The summed E-state index contributed by atoms with van der Waals surface area (Å²) < 4.78 is 48.2. The van der Waals surface area contributed by atoms with Crippen LogP contribution in [0, 0.1) is 6.92 Å². The van der Waals surface area contributed by atoms with Crippen molar-refractivity contribution in [1.82, 2.24) is 0 Å². The first-order chi connectivity index (χ1) is 26.6.